The van der Waals surface area contributed by atoms with Crippen LogP contribution in [-0.2, 0) is 29.0 Å². The maximum absolute atomic E-state index is 11.6. The Labute approximate surface area is 229 Å². The van der Waals surface area contributed by atoms with Crippen molar-refractivity contribution in [2.24, 2.45) is 0 Å². The number of benzene rings is 3. The summed E-state index contributed by atoms with van der Waals surface area (Å²) in [6, 6.07) is 21.5. The highest BCUT2D eigenvalue weighted by Gasteiger charge is 2.21. The van der Waals surface area contributed by atoms with Crippen molar-refractivity contribution in [2.45, 2.75) is 44.9 Å². The Morgan fingerprint density at radius 3 is 2.65 bits per heavy atom. The van der Waals surface area contributed by atoms with Gasteiger partial charge in [0.1, 0.15) is 18.1 Å². The minimum atomic E-state index is -0.689. The maximum Gasteiger partial charge on any atom is 0.344 e. The Morgan fingerprint density at radius 1 is 1.08 bits per heavy atom. The van der Waals surface area contributed by atoms with E-state index in [0.29, 0.717) is 36.3 Å². The molecule has 2 atom stereocenters. The van der Waals surface area contributed by atoms with Gasteiger partial charge in [-0.3, -0.25) is 0 Å². The number of carbonyl (C=O) groups is 1. The number of aliphatic hydroxyl groups excluding tert-OH is 1. The van der Waals surface area contributed by atoms with Crippen molar-refractivity contribution in [3.63, 3.8) is 0 Å². The summed E-state index contributed by atoms with van der Waals surface area (Å²) in [5, 5.41) is 14.7. The summed E-state index contributed by atoms with van der Waals surface area (Å²) in [6.45, 7) is 2.86. The normalized spacial score (nSPS) is 15.2. The third-order valence-electron chi connectivity index (χ3n) is 6.25. The van der Waals surface area contributed by atoms with E-state index in [0.717, 1.165) is 30.4 Å². The lowest BCUT2D eigenvalue weighted by Gasteiger charge is -2.27. The van der Waals surface area contributed by atoms with Gasteiger partial charge in [0.2, 0.25) is 0 Å². The van der Waals surface area contributed by atoms with Crippen LogP contribution in [-0.4, -0.2) is 36.9 Å². The van der Waals surface area contributed by atoms with E-state index >= 15 is 0 Å². The highest BCUT2D eigenvalue weighted by atomic mass is 35.5. The lowest BCUT2D eigenvalue weighted by Crippen LogP contribution is -2.37. The van der Waals surface area contributed by atoms with Crippen LogP contribution in [0.2, 0.25) is 5.02 Å². The van der Waals surface area contributed by atoms with Crippen molar-refractivity contribution in [2.75, 3.05) is 19.8 Å². The Morgan fingerprint density at radius 2 is 1.89 bits per heavy atom. The summed E-state index contributed by atoms with van der Waals surface area (Å²) in [5.41, 5.74) is 4.28. The van der Waals surface area contributed by atoms with E-state index < -0.39 is 6.10 Å². The molecule has 0 aromatic heterocycles. The molecule has 1 aliphatic rings. The van der Waals surface area contributed by atoms with Gasteiger partial charge in [0, 0.05) is 12.6 Å². The SMILES string of the molecule is CCOC(=O)COc1ccc2c(c1)C[C@@H](NCC(O)c1ccc(OCc3ccccc3)c(Cl)c1)CC2.Cl. The molecule has 6 nitrogen and oxygen atoms in total. The molecule has 4 rings (SSSR count). The van der Waals surface area contributed by atoms with Gasteiger partial charge in [0.05, 0.1) is 17.7 Å². The van der Waals surface area contributed by atoms with Crippen LogP contribution in [0, 0.1) is 0 Å². The quantitative estimate of drug-likeness (QED) is 0.311. The lowest BCUT2D eigenvalue weighted by molar-refractivity contribution is -0.145. The van der Waals surface area contributed by atoms with Crippen LogP contribution in [0.1, 0.15) is 41.7 Å². The predicted octanol–water partition coefficient (Wildman–Crippen LogP) is 5.46. The van der Waals surface area contributed by atoms with E-state index in [9.17, 15) is 9.90 Å². The van der Waals surface area contributed by atoms with Crippen molar-refractivity contribution < 1.29 is 24.1 Å². The van der Waals surface area contributed by atoms with E-state index in [-0.39, 0.29) is 31.0 Å². The molecule has 2 N–H and O–H groups in total. The highest BCUT2D eigenvalue weighted by molar-refractivity contribution is 6.32. The second-order valence-electron chi connectivity index (χ2n) is 8.85. The van der Waals surface area contributed by atoms with Crippen LogP contribution in [0.15, 0.2) is 66.7 Å². The fourth-order valence-corrected chi connectivity index (χ4v) is 4.56. The van der Waals surface area contributed by atoms with Gasteiger partial charge in [0.15, 0.2) is 6.61 Å². The molecule has 8 heteroatoms. The smallest absolute Gasteiger partial charge is 0.344 e. The molecular formula is C29H33Cl2NO5. The number of fused-ring (bicyclic) bond motifs is 1. The number of aliphatic hydroxyl groups is 1. The number of nitrogens with one attached hydrogen (secondary N) is 1. The zero-order valence-corrected chi connectivity index (χ0v) is 22.4. The Bertz CT molecular complexity index is 1160. The fraction of sp³-hybridized carbons (Fsp3) is 0.345. The zero-order valence-electron chi connectivity index (χ0n) is 20.8. The summed E-state index contributed by atoms with van der Waals surface area (Å²) in [6.07, 6.45) is 2.06. The van der Waals surface area contributed by atoms with Crippen molar-refractivity contribution >= 4 is 30.0 Å². The number of carbonyl (C=O) groups excluding carboxylic acids is 1. The number of aryl methyl sites for hydroxylation is 1. The van der Waals surface area contributed by atoms with Crippen molar-refractivity contribution in [1.29, 1.82) is 0 Å². The van der Waals surface area contributed by atoms with Gasteiger partial charge in [-0.05, 0) is 72.7 Å². The van der Waals surface area contributed by atoms with Crippen LogP contribution in [0.5, 0.6) is 11.5 Å². The Kier molecular flexibility index (Phi) is 11.1. The highest BCUT2D eigenvalue weighted by Crippen LogP contribution is 2.29. The monoisotopic (exact) mass is 545 g/mol. The molecule has 3 aromatic rings. The summed E-state index contributed by atoms with van der Waals surface area (Å²) in [5.74, 6) is 0.876. The van der Waals surface area contributed by atoms with E-state index in [1.807, 2.05) is 48.5 Å². The van der Waals surface area contributed by atoms with E-state index in [1.54, 1.807) is 19.1 Å². The van der Waals surface area contributed by atoms with Crippen LogP contribution < -0.4 is 14.8 Å². The Balaban J connectivity index is 0.00000380. The van der Waals surface area contributed by atoms with Gasteiger partial charge in [-0.15, -0.1) is 12.4 Å². The molecule has 0 bridgehead atoms. The standard InChI is InChI=1S/C29H32ClNO5.ClH/c1-2-34-29(33)19-35-25-12-9-21-8-11-24(14-23(21)15-25)31-17-27(32)22-10-13-28(26(30)16-22)36-18-20-6-4-3-5-7-20;/h3-7,9-10,12-13,15-16,24,27,31-32H,2,8,11,14,17-19H2,1H3;1H/t24-,27?;/m0./s1. The van der Waals surface area contributed by atoms with Gasteiger partial charge in [-0.1, -0.05) is 54.1 Å². The average Bonchev–Trinajstić information content (AvgIpc) is 2.90. The summed E-state index contributed by atoms with van der Waals surface area (Å²) in [7, 11) is 0. The first-order chi connectivity index (χ1) is 17.5. The molecule has 0 amide bonds. The molecule has 0 spiro atoms. The van der Waals surface area contributed by atoms with Crippen molar-refractivity contribution in [1.82, 2.24) is 5.32 Å². The molecule has 1 aliphatic carbocycles. The molecule has 0 fully saturated rings. The lowest BCUT2D eigenvalue weighted by atomic mass is 9.88. The third kappa shape index (κ3) is 8.37. The third-order valence-corrected chi connectivity index (χ3v) is 6.54. The number of hydrogen-bond acceptors (Lipinski definition) is 6. The number of ether oxygens (including phenoxy) is 3. The summed E-state index contributed by atoms with van der Waals surface area (Å²) in [4.78, 5) is 11.6. The number of hydrogen-bond donors (Lipinski definition) is 2. The zero-order chi connectivity index (χ0) is 25.3. The molecule has 37 heavy (non-hydrogen) atoms. The molecule has 0 heterocycles. The van der Waals surface area contributed by atoms with Crippen LogP contribution >= 0.6 is 24.0 Å². The topological polar surface area (TPSA) is 77.0 Å². The molecule has 0 saturated carbocycles. The number of esters is 1. The van der Waals surface area contributed by atoms with Gasteiger partial charge in [-0.2, -0.15) is 0 Å². The molecule has 0 aliphatic heterocycles. The second kappa shape index (κ2) is 14.2. The van der Waals surface area contributed by atoms with Crippen molar-refractivity contribution in [3.8, 4) is 11.5 Å². The maximum atomic E-state index is 11.6. The predicted molar refractivity (Wildman–Crippen MR) is 147 cm³/mol. The molecule has 0 radical (unpaired) electrons. The van der Waals surface area contributed by atoms with Crippen LogP contribution in [0.3, 0.4) is 0 Å². The molecule has 3 aromatic carbocycles. The van der Waals surface area contributed by atoms with Crippen LogP contribution in [0.25, 0.3) is 0 Å². The molecule has 1 unspecified atom stereocenters. The molecular weight excluding hydrogens is 513 g/mol. The Hall–Kier alpha value is -2.77. The van der Waals surface area contributed by atoms with Gasteiger partial charge in [-0.25, -0.2) is 4.79 Å². The van der Waals surface area contributed by atoms with E-state index in [1.165, 1.54) is 11.1 Å². The minimum Gasteiger partial charge on any atom is -0.487 e. The van der Waals surface area contributed by atoms with Crippen LogP contribution in [0.4, 0.5) is 0 Å². The van der Waals surface area contributed by atoms with Gasteiger partial charge in [0.25, 0.3) is 0 Å². The van der Waals surface area contributed by atoms with Gasteiger partial charge < -0.3 is 24.6 Å². The second-order valence-corrected chi connectivity index (χ2v) is 9.26. The minimum absolute atomic E-state index is 0. The largest absolute Gasteiger partial charge is 0.487 e. The first kappa shape index (κ1) is 28.8. The number of halogens is 2. The van der Waals surface area contributed by atoms with E-state index in [4.69, 9.17) is 25.8 Å². The number of rotatable bonds is 11. The first-order valence-corrected chi connectivity index (χ1v) is 12.7. The van der Waals surface area contributed by atoms with Crippen molar-refractivity contribution in [3.05, 3.63) is 94.0 Å². The van der Waals surface area contributed by atoms with E-state index in [2.05, 4.69) is 11.4 Å². The van der Waals surface area contributed by atoms with Gasteiger partial charge >= 0.3 is 5.97 Å². The summed E-state index contributed by atoms with van der Waals surface area (Å²) >= 11 is 6.43. The first-order valence-electron chi connectivity index (χ1n) is 12.3. The average molecular weight is 546 g/mol. The molecule has 198 valence electrons. The summed E-state index contributed by atoms with van der Waals surface area (Å²) < 4.78 is 16.3. The molecule has 0 saturated heterocycles. The fourth-order valence-electron chi connectivity index (χ4n) is 4.32.